The normalized spacial score (nSPS) is 13.6. The van der Waals surface area contributed by atoms with Crippen molar-refractivity contribution < 1.29 is 18.6 Å². The highest BCUT2D eigenvalue weighted by Crippen LogP contribution is 2.21. The lowest BCUT2D eigenvalue weighted by atomic mass is 10.0. The number of aliphatic hydroxyl groups excluding tert-OH is 1. The van der Waals surface area contributed by atoms with Gasteiger partial charge in [-0.25, -0.2) is 8.78 Å². The van der Waals surface area contributed by atoms with Gasteiger partial charge < -0.3 is 15.2 Å². The van der Waals surface area contributed by atoms with Gasteiger partial charge in [0.2, 0.25) is 0 Å². The third-order valence-corrected chi connectivity index (χ3v) is 3.81. The summed E-state index contributed by atoms with van der Waals surface area (Å²) in [6, 6.07) is 11.3. The molecule has 0 saturated carbocycles. The number of halogens is 2. The van der Waals surface area contributed by atoms with Crippen molar-refractivity contribution >= 4 is 0 Å². The van der Waals surface area contributed by atoms with Crippen molar-refractivity contribution in [2.75, 3.05) is 20.2 Å². The molecule has 2 atom stereocenters. The molecular weight excluding hydrogens is 300 g/mol. The van der Waals surface area contributed by atoms with Crippen LogP contribution in [0.3, 0.4) is 0 Å². The van der Waals surface area contributed by atoms with Crippen LogP contribution in [0.25, 0.3) is 0 Å². The van der Waals surface area contributed by atoms with Crippen molar-refractivity contribution in [3.8, 4) is 5.75 Å². The summed E-state index contributed by atoms with van der Waals surface area (Å²) in [5.74, 6) is -0.483. The maximum absolute atomic E-state index is 13.6. The lowest BCUT2D eigenvalue weighted by Gasteiger charge is -2.17. The second kappa shape index (κ2) is 8.04. The average molecular weight is 321 g/mol. The Morgan fingerprint density at radius 2 is 1.65 bits per heavy atom. The van der Waals surface area contributed by atoms with Gasteiger partial charge in [-0.2, -0.15) is 0 Å². The van der Waals surface area contributed by atoms with Gasteiger partial charge in [-0.15, -0.1) is 0 Å². The fraction of sp³-hybridized carbons (Fsp3) is 0.333. The SMILES string of the molecule is COc1ccc(C(C)CNCC(O)c2c(F)cccc2F)cc1. The molecule has 0 amide bonds. The number of methoxy groups -OCH3 is 1. The van der Waals surface area contributed by atoms with E-state index in [1.54, 1.807) is 7.11 Å². The van der Waals surface area contributed by atoms with Gasteiger partial charge in [0.05, 0.1) is 18.8 Å². The molecule has 2 unspecified atom stereocenters. The summed E-state index contributed by atoms with van der Waals surface area (Å²) in [4.78, 5) is 0. The molecule has 5 heteroatoms. The number of aliphatic hydroxyl groups is 1. The zero-order valence-corrected chi connectivity index (χ0v) is 13.2. The van der Waals surface area contributed by atoms with E-state index in [2.05, 4.69) is 5.32 Å². The van der Waals surface area contributed by atoms with Crippen LogP contribution in [0, 0.1) is 11.6 Å². The van der Waals surface area contributed by atoms with Gasteiger partial charge in [-0.05, 0) is 35.7 Å². The number of nitrogens with one attached hydrogen (secondary N) is 1. The van der Waals surface area contributed by atoms with E-state index in [1.807, 2.05) is 31.2 Å². The van der Waals surface area contributed by atoms with Crippen LogP contribution in [0.4, 0.5) is 8.78 Å². The van der Waals surface area contributed by atoms with Gasteiger partial charge in [0.15, 0.2) is 0 Å². The summed E-state index contributed by atoms with van der Waals surface area (Å²) in [5.41, 5.74) is 0.821. The molecule has 0 heterocycles. The van der Waals surface area contributed by atoms with E-state index in [0.717, 1.165) is 23.4 Å². The molecule has 124 valence electrons. The van der Waals surface area contributed by atoms with E-state index in [0.29, 0.717) is 6.54 Å². The standard InChI is InChI=1S/C18H21F2NO2/c1-12(13-6-8-14(23-2)9-7-13)10-21-11-17(22)18-15(19)4-3-5-16(18)20/h3-9,12,17,21-22H,10-11H2,1-2H3. The van der Waals surface area contributed by atoms with Crippen LogP contribution in [0.2, 0.25) is 0 Å². The first kappa shape index (κ1) is 17.4. The maximum atomic E-state index is 13.6. The fourth-order valence-corrected chi connectivity index (χ4v) is 2.42. The monoisotopic (exact) mass is 321 g/mol. The van der Waals surface area contributed by atoms with Crippen LogP contribution >= 0.6 is 0 Å². The summed E-state index contributed by atoms with van der Waals surface area (Å²) in [6.45, 7) is 2.70. The Morgan fingerprint density at radius 1 is 1.04 bits per heavy atom. The van der Waals surface area contributed by atoms with Crippen molar-refractivity contribution in [1.82, 2.24) is 5.32 Å². The predicted molar refractivity (Wildman–Crippen MR) is 85.6 cm³/mol. The molecule has 0 aliphatic carbocycles. The summed E-state index contributed by atoms with van der Waals surface area (Å²) in [6.07, 6.45) is -1.22. The molecule has 0 bridgehead atoms. The van der Waals surface area contributed by atoms with E-state index < -0.39 is 17.7 Å². The van der Waals surface area contributed by atoms with Gasteiger partial charge >= 0.3 is 0 Å². The van der Waals surface area contributed by atoms with Gasteiger partial charge in [-0.1, -0.05) is 25.1 Å². The Bertz CT molecular complexity index is 611. The fourth-order valence-electron chi connectivity index (χ4n) is 2.42. The molecule has 2 aromatic carbocycles. The van der Waals surface area contributed by atoms with Gasteiger partial charge in [0.25, 0.3) is 0 Å². The zero-order chi connectivity index (χ0) is 16.8. The maximum Gasteiger partial charge on any atom is 0.131 e. The summed E-state index contributed by atoms with van der Waals surface area (Å²) >= 11 is 0. The topological polar surface area (TPSA) is 41.5 Å². The van der Waals surface area contributed by atoms with Crippen molar-refractivity contribution in [2.24, 2.45) is 0 Å². The van der Waals surface area contributed by atoms with E-state index in [-0.39, 0.29) is 18.0 Å². The minimum absolute atomic E-state index is 0.0817. The second-order valence-electron chi connectivity index (χ2n) is 5.48. The Labute approximate surface area is 134 Å². The van der Waals surface area contributed by atoms with Crippen LogP contribution in [0.1, 0.15) is 30.1 Å². The highest BCUT2D eigenvalue weighted by atomic mass is 19.1. The first-order valence-corrected chi connectivity index (χ1v) is 7.49. The predicted octanol–water partition coefficient (Wildman–Crippen LogP) is 3.40. The van der Waals surface area contributed by atoms with Crippen LogP contribution < -0.4 is 10.1 Å². The Balaban J connectivity index is 1.88. The van der Waals surface area contributed by atoms with E-state index in [4.69, 9.17) is 4.74 Å². The molecule has 2 N–H and O–H groups in total. The molecular formula is C18H21F2NO2. The van der Waals surface area contributed by atoms with E-state index >= 15 is 0 Å². The average Bonchev–Trinajstić information content (AvgIpc) is 2.54. The summed E-state index contributed by atoms with van der Waals surface area (Å²) in [7, 11) is 1.61. The molecule has 2 rings (SSSR count). The van der Waals surface area contributed by atoms with Gasteiger partial charge in [0.1, 0.15) is 17.4 Å². The smallest absolute Gasteiger partial charge is 0.131 e. The third kappa shape index (κ3) is 4.50. The first-order valence-electron chi connectivity index (χ1n) is 7.49. The number of hydrogen-bond acceptors (Lipinski definition) is 3. The zero-order valence-electron chi connectivity index (χ0n) is 13.2. The number of rotatable bonds is 7. The van der Waals surface area contributed by atoms with Crippen molar-refractivity contribution in [1.29, 1.82) is 0 Å². The molecule has 0 aromatic heterocycles. The van der Waals surface area contributed by atoms with Gasteiger partial charge in [-0.3, -0.25) is 0 Å². The number of hydrogen-bond donors (Lipinski definition) is 2. The highest BCUT2D eigenvalue weighted by molar-refractivity contribution is 5.29. The highest BCUT2D eigenvalue weighted by Gasteiger charge is 2.17. The molecule has 0 aliphatic heterocycles. The Kier molecular flexibility index (Phi) is 6.07. The summed E-state index contributed by atoms with van der Waals surface area (Å²) in [5, 5.41) is 13.0. The lowest BCUT2D eigenvalue weighted by molar-refractivity contribution is 0.164. The summed E-state index contributed by atoms with van der Waals surface area (Å²) < 4.78 is 32.3. The second-order valence-corrected chi connectivity index (χ2v) is 5.48. The minimum atomic E-state index is -1.22. The molecule has 23 heavy (non-hydrogen) atoms. The van der Waals surface area contributed by atoms with Gasteiger partial charge in [0, 0.05) is 13.1 Å². The first-order chi connectivity index (χ1) is 11.0. The molecule has 0 radical (unpaired) electrons. The van der Waals surface area contributed by atoms with Crippen LogP contribution in [0.5, 0.6) is 5.75 Å². The molecule has 2 aromatic rings. The number of ether oxygens (including phenoxy) is 1. The Morgan fingerprint density at radius 3 is 2.22 bits per heavy atom. The molecule has 3 nitrogen and oxygen atoms in total. The quantitative estimate of drug-likeness (QED) is 0.821. The van der Waals surface area contributed by atoms with Crippen LogP contribution in [-0.2, 0) is 0 Å². The lowest BCUT2D eigenvalue weighted by Crippen LogP contribution is -2.26. The van der Waals surface area contributed by atoms with E-state index in [1.165, 1.54) is 6.07 Å². The van der Waals surface area contributed by atoms with Crippen LogP contribution in [0.15, 0.2) is 42.5 Å². The largest absolute Gasteiger partial charge is 0.497 e. The van der Waals surface area contributed by atoms with Crippen LogP contribution in [-0.4, -0.2) is 25.3 Å². The van der Waals surface area contributed by atoms with Crippen molar-refractivity contribution in [3.05, 3.63) is 65.2 Å². The van der Waals surface area contributed by atoms with E-state index in [9.17, 15) is 13.9 Å². The van der Waals surface area contributed by atoms with Crippen molar-refractivity contribution in [3.63, 3.8) is 0 Å². The third-order valence-electron chi connectivity index (χ3n) is 3.81. The number of benzene rings is 2. The Hall–Kier alpha value is -1.98. The molecule has 0 saturated heterocycles. The molecule has 0 fully saturated rings. The molecule has 0 aliphatic rings. The van der Waals surface area contributed by atoms with Crippen molar-refractivity contribution in [2.45, 2.75) is 18.9 Å². The minimum Gasteiger partial charge on any atom is -0.497 e. The molecule has 0 spiro atoms.